The van der Waals surface area contributed by atoms with E-state index in [9.17, 15) is 9.18 Å². The molecule has 1 aromatic carbocycles. The van der Waals surface area contributed by atoms with Crippen LogP contribution in [0.2, 0.25) is 0 Å². The molecule has 0 aliphatic carbocycles. The van der Waals surface area contributed by atoms with Gasteiger partial charge in [-0.25, -0.2) is 4.39 Å². The molecule has 1 aromatic rings. The molecule has 0 spiro atoms. The van der Waals surface area contributed by atoms with Gasteiger partial charge in [-0.15, -0.1) is 0 Å². The zero-order valence-electron chi connectivity index (χ0n) is 10.9. The van der Waals surface area contributed by atoms with Crippen molar-refractivity contribution in [1.29, 1.82) is 0 Å². The van der Waals surface area contributed by atoms with E-state index in [-0.39, 0.29) is 24.3 Å². The number of carbonyl (C=O) groups excluding carboxylic acids is 1. The van der Waals surface area contributed by atoms with Crippen LogP contribution < -0.4 is 10.6 Å². The Labute approximate surface area is 107 Å². The molecule has 1 rings (SSSR count). The van der Waals surface area contributed by atoms with Gasteiger partial charge in [0.05, 0.1) is 13.2 Å². The molecule has 0 aromatic heterocycles. The van der Waals surface area contributed by atoms with Gasteiger partial charge in [0.15, 0.2) is 0 Å². The minimum absolute atomic E-state index is 0.107. The molecular formula is C13H19FN2O2. The first-order valence-electron chi connectivity index (χ1n) is 5.81. The zero-order chi connectivity index (χ0) is 13.5. The molecule has 2 N–H and O–H groups in total. The highest BCUT2D eigenvalue weighted by atomic mass is 19.1. The van der Waals surface area contributed by atoms with Crippen LogP contribution in [0.4, 0.5) is 10.1 Å². The summed E-state index contributed by atoms with van der Waals surface area (Å²) in [7, 11) is 1.61. The third-order valence-electron chi connectivity index (χ3n) is 2.49. The van der Waals surface area contributed by atoms with Crippen molar-refractivity contribution in [2.45, 2.75) is 19.9 Å². The Morgan fingerprint density at radius 2 is 2.22 bits per heavy atom. The Bertz CT molecular complexity index is 410. The van der Waals surface area contributed by atoms with E-state index in [1.807, 2.05) is 6.92 Å². The summed E-state index contributed by atoms with van der Waals surface area (Å²) in [5.41, 5.74) is 1.33. The van der Waals surface area contributed by atoms with Gasteiger partial charge in [-0.05, 0) is 37.6 Å². The summed E-state index contributed by atoms with van der Waals surface area (Å²) < 4.78 is 17.8. The second-order valence-corrected chi connectivity index (χ2v) is 4.24. The Kier molecular flexibility index (Phi) is 5.74. The number of hydrogen-bond donors (Lipinski definition) is 2. The van der Waals surface area contributed by atoms with Crippen LogP contribution in [0.25, 0.3) is 0 Å². The quantitative estimate of drug-likeness (QED) is 0.812. The minimum atomic E-state index is -0.308. The van der Waals surface area contributed by atoms with E-state index in [0.717, 1.165) is 0 Å². The van der Waals surface area contributed by atoms with Gasteiger partial charge in [-0.2, -0.15) is 0 Å². The molecule has 0 saturated carbocycles. The summed E-state index contributed by atoms with van der Waals surface area (Å²) in [5, 5.41) is 5.75. The molecule has 0 aliphatic heterocycles. The van der Waals surface area contributed by atoms with Crippen LogP contribution in [0.1, 0.15) is 12.5 Å². The van der Waals surface area contributed by atoms with E-state index in [4.69, 9.17) is 4.74 Å². The summed E-state index contributed by atoms with van der Waals surface area (Å²) in [6.45, 7) is 4.42. The molecule has 0 aliphatic rings. The highest BCUT2D eigenvalue weighted by molar-refractivity contribution is 5.92. The number of methoxy groups -OCH3 is 1. The molecule has 100 valence electrons. The molecule has 0 bridgehead atoms. The second kappa shape index (κ2) is 7.08. The predicted molar refractivity (Wildman–Crippen MR) is 69.1 cm³/mol. The van der Waals surface area contributed by atoms with E-state index in [1.165, 1.54) is 12.1 Å². The van der Waals surface area contributed by atoms with Crippen LogP contribution in [0, 0.1) is 12.7 Å². The molecule has 1 atom stereocenters. The summed E-state index contributed by atoms with van der Waals surface area (Å²) in [6, 6.07) is 4.37. The lowest BCUT2D eigenvalue weighted by Gasteiger charge is -2.13. The number of ether oxygens (including phenoxy) is 1. The second-order valence-electron chi connectivity index (χ2n) is 4.24. The number of halogens is 1. The predicted octanol–water partition coefficient (Wildman–Crippen LogP) is 1.70. The number of amides is 1. The number of aryl methyl sites for hydroxylation is 1. The normalized spacial score (nSPS) is 12.2. The SMILES string of the molecule is COC[C@H](C)NCC(=O)Nc1ccc(F)cc1C. The Hall–Kier alpha value is -1.46. The van der Waals surface area contributed by atoms with Crippen LogP contribution in [0.5, 0.6) is 0 Å². The largest absolute Gasteiger partial charge is 0.383 e. The molecule has 0 fully saturated rings. The summed E-state index contributed by atoms with van der Waals surface area (Å²) in [5.74, 6) is -0.468. The van der Waals surface area contributed by atoms with Crippen molar-refractivity contribution in [1.82, 2.24) is 5.32 Å². The third kappa shape index (κ3) is 4.81. The maximum atomic E-state index is 12.9. The van der Waals surface area contributed by atoms with Gasteiger partial charge in [0.2, 0.25) is 5.91 Å². The lowest BCUT2D eigenvalue weighted by Crippen LogP contribution is -2.36. The fraction of sp³-hybridized carbons (Fsp3) is 0.462. The smallest absolute Gasteiger partial charge is 0.238 e. The van der Waals surface area contributed by atoms with E-state index in [1.54, 1.807) is 20.1 Å². The van der Waals surface area contributed by atoms with Gasteiger partial charge in [0, 0.05) is 18.8 Å². The van der Waals surface area contributed by atoms with Crippen LogP contribution in [-0.4, -0.2) is 32.2 Å². The maximum Gasteiger partial charge on any atom is 0.238 e. The Balaban J connectivity index is 2.44. The number of anilines is 1. The lowest BCUT2D eigenvalue weighted by atomic mass is 10.2. The number of benzene rings is 1. The maximum absolute atomic E-state index is 12.9. The van der Waals surface area contributed by atoms with Crippen molar-refractivity contribution in [2.75, 3.05) is 25.6 Å². The fourth-order valence-electron chi connectivity index (χ4n) is 1.54. The summed E-state index contributed by atoms with van der Waals surface area (Å²) in [4.78, 5) is 11.7. The number of carbonyl (C=O) groups is 1. The van der Waals surface area contributed by atoms with E-state index < -0.39 is 0 Å². The monoisotopic (exact) mass is 254 g/mol. The van der Waals surface area contributed by atoms with Crippen molar-refractivity contribution in [3.05, 3.63) is 29.6 Å². The van der Waals surface area contributed by atoms with Gasteiger partial charge in [0.25, 0.3) is 0 Å². The molecule has 1 amide bonds. The summed E-state index contributed by atoms with van der Waals surface area (Å²) >= 11 is 0. The topological polar surface area (TPSA) is 50.4 Å². The standard InChI is InChI=1S/C13H19FN2O2/c1-9-6-11(14)4-5-12(9)16-13(17)7-15-10(2)8-18-3/h4-6,10,15H,7-8H2,1-3H3,(H,16,17)/t10-/m0/s1. The number of nitrogens with one attached hydrogen (secondary N) is 2. The lowest BCUT2D eigenvalue weighted by molar-refractivity contribution is -0.115. The first-order valence-corrected chi connectivity index (χ1v) is 5.81. The first-order chi connectivity index (χ1) is 8.52. The molecule has 5 heteroatoms. The average molecular weight is 254 g/mol. The van der Waals surface area contributed by atoms with Crippen molar-refractivity contribution in [3.8, 4) is 0 Å². The molecular weight excluding hydrogens is 235 g/mol. The van der Waals surface area contributed by atoms with E-state index in [0.29, 0.717) is 17.9 Å². The van der Waals surface area contributed by atoms with E-state index in [2.05, 4.69) is 10.6 Å². The molecule has 4 nitrogen and oxygen atoms in total. The van der Waals surface area contributed by atoms with Crippen LogP contribution in [0.3, 0.4) is 0 Å². The van der Waals surface area contributed by atoms with E-state index >= 15 is 0 Å². The molecule has 18 heavy (non-hydrogen) atoms. The Morgan fingerprint density at radius 3 is 2.83 bits per heavy atom. The molecule has 0 radical (unpaired) electrons. The average Bonchev–Trinajstić information content (AvgIpc) is 2.31. The zero-order valence-corrected chi connectivity index (χ0v) is 10.9. The van der Waals surface area contributed by atoms with Gasteiger partial charge in [-0.1, -0.05) is 0 Å². The highest BCUT2D eigenvalue weighted by Crippen LogP contribution is 2.15. The van der Waals surface area contributed by atoms with Gasteiger partial charge in [0.1, 0.15) is 5.82 Å². The van der Waals surface area contributed by atoms with Crippen LogP contribution in [0.15, 0.2) is 18.2 Å². The molecule has 0 saturated heterocycles. The van der Waals surface area contributed by atoms with Crippen molar-refractivity contribution in [2.24, 2.45) is 0 Å². The summed E-state index contributed by atoms with van der Waals surface area (Å²) in [6.07, 6.45) is 0. The third-order valence-corrected chi connectivity index (χ3v) is 2.49. The van der Waals surface area contributed by atoms with Crippen LogP contribution in [-0.2, 0) is 9.53 Å². The number of rotatable bonds is 6. The van der Waals surface area contributed by atoms with Gasteiger partial charge in [-0.3, -0.25) is 4.79 Å². The van der Waals surface area contributed by atoms with Gasteiger partial charge < -0.3 is 15.4 Å². The van der Waals surface area contributed by atoms with Crippen LogP contribution >= 0.6 is 0 Å². The minimum Gasteiger partial charge on any atom is -0.383 e. The Morgan fingerprint density at radius 1 is 1.50 bits per heavy atom. The van der Waals surface area contributed by atoms with Crippen molar-refractivity contribution in [3.63, 3.8) is 0 Å². The van der Waals surface area contributed by atoms with Gasteiger partial charge >= 0.3 is 0 Å². The molecule has 0 unspecified atom stereocenters. The highest BCUT2D eigenvalue weighted by Gasteiger charge is 2.07. The van der Waals surface area contributed by atoms with Crippen molar-refractivity contribution >= 4 is 11.6 Å². The molecule has 0 heterocycles. The van der Waals surface area contributed by atoms with Crippen molar-refractivity contribution < 1.29 is 13.9 Å². The fourth-order valence-corrected chi connectivity index (χ4v) is 1.54. The first kappa shape index (κ1) is 14.6. The number of hydrogen-bond acceptors (Lipinski definition) is 3.